The van der Waals surface area contributed by atoms with E-state index >= 15 is 0 Å². The molecule has 2 atom stereocenters. The van der Waals surface area contributed by atoms with E-state index < -0.39 is 12.2 Å². The second kappa shape index (κ2) is 7.07. The molecule has 28 heavy (non-hydrogen) atoms. The van der Waals surface area contributed by atoms with Crippen molar-refractivity contribution >= 4 is 0 Å². The summed E-state index contributed by atoms with van der Waals surface area (Å²) >= 11 is 0. The van der Waals surface area contributed by atoms with Crippen molar-refractivity contribution in [3.8, 4) is 11.5 Å². The van der Waals surface area contributed by atoms with E-state index in [1.165, 1.54) is 5.56 Å². The van der Waals surface area contributed by atoms with Crippen molar-refractivity contribution in [3.05, 3.63) is 59.2 Å². The van der Waals surface area contributed by atoms with Gasteiger partial charge in [0.2, 0.25) is 0 Å². The SMILES string of the molecule is O[C@@H]1CC2(CCN(C[C@H](O)c3ccc4c(c3)CCO4)CC2)Oc2ccccc21. The fourth-order valence-corrected chi connectivity index (χ4v) is 4.80. The van der Waals surface area contributed by atoms with Gasteiger partial charge in [0.1, 0.15) is 17.1 Å². The number of aliphatic hydroxyl groups excluding tert-OH is 2. The lowest BCUT2D eigenvalue weighted by molar-refractivity contribution is -0.0587. The van der Waals surface area contributed by atoms with E-state index in [2.05, 4.69) is 11.0 Å². The van der Waals surface area contributed by atoms with Gasteiger partial charge in [-0.1, -0.05) is 24.3 Å². The molecule has 0 amide bonds. The predicted molar refractivity (Wildman–Crippen MR) is 106 cm³/mol. The number of hydrogen-bond acceptors (Lipinski definition) is 5. The molecular weight excluding hydrogens is 354 g/mol. The largest absolute Gasteiger partial charge is 0.493 e. The van der Waals surface area contributed by atoms with E-state index in [-0.39, 0.29) is 5.60 Å². The summed E-state index contributed by atoms with van der Waals surface area (Å²) in [5.74, 6) is 1.76. The minimum Gasteiger partial charge on any atom is -0.493 e. The van der Waals surface area contributed by atoms with E-state index in [0.29, 0.717) is 13.0 Å². The number of ether oxygens (including phenoxy) is 2. The van der Waals surface area contributed by atoms with Gasteiger partial charge in [0.05, 0.1) is 18.8 Å². The van der Waals surface area contributed by atoms with Gasteiger partial charge >= 0.3 is 0 Å². The fraction of sp³-hybridized carbons (Fsp3) is 0.478. The standard InChI is InChI=1S/C23H27NO4/c25-19-14-23(28-22-4-2-1-3-18(19)22)8-10-24(11-9-23)15-20(26)16-5-6-21-17(13-16)7-12-27-21/h1-6,13,19-20,25-26H,7-12,14-15H2/t19-,20+/m1/s1. The number of benzene rings is 2. The third kappa shape index (κ3) is 3.28. The summed E-state index contributed by atoms with van der Waals surface area (Å²) in [4.78, 5) is 2.30. The summed E-state index contributed by atoms with van der Waals surface area (Å²) in [7, 11) is 0. The van der Waals surface area contributed by atoms with Gasteiger partial charge < -0.3 is 24.6 Å². The average molecular weight is 381 g/mol. The maximum absolute atomic E-state index is 10.7. The van der Waals surface area contributed by atoms with Crippen LogP contribution in [0, 0.1) is 0 Å². The van der Waals surface area contributed by atoms with Crippen LogP contribution in [0.5, 0.6) is 11.5 Å². The molecule has 2 aromatic carbocycles. The van der Waals surface area contributed by atoms with Crippen LogP contribution in [0.3, 0.4) is 0 Å². The van der Waals surface area contributed by atoms with Gasteiger partial charge in [-0.2, -0.15) is 0 Å². The van der Waals surface area contributed by atoms with Gasteiger partial charge in [-0.05, 0) is 42.2 Å². The van der Waals surface area contributed by atoms with Crippen molar-refractivity contribution in [3.63, 3.8) is 0 Å². The Labute approximate surface area is 165 Å². The molecule has 2 N–H and O–H groups in total. The van der Waals surface area contributed by atoms with Crippen molar-refractivity contribution in [1.82, 2.24) is 4.90 Å². The van der Waals surface area contributed by atoms with Crippen LogP contribution < -0.4 is 9.47 Å². The minimum atomic E-state index is -0.501. The van der Waals surface area contributed by atoms with E-state index in [0.717, 1.165) is 61.6 Å². The lowest BCUT2D eigenvalue weighted by Gasteiger charge is -2.46. The molecular formula is C23H27NO4. The summed E-state index contributed by atoms with van der Waals surface area (Å²) in [5, 5.41) is 21.3. The molecule has 0 bridgehead atoms. The Bertz CT molecular complexity index is 859. The molecule has 3 heterocycles. The topological polar surface area (TPSA) is 62.2 Å². The lowest BCUT2D eigenvalue weighted by Crippen LogP contribution is -2.51. The Hall–Kier alpha value is -2.08. The van der Waals surface area contributed by atoms with E-state index in [4.69, 9.17) is 9.47 Å². The van der Waals surface area contributed by atoms with Crippen molar-refractivity contribution in [2.75, 3.05) is 26.2 Å². The molecule has 3 aliphatic heterocycles. The first-order chi connectivity index (χ1) is 13.6. The molecule has 148 valence electrons. The van der Waals surface area contributed by atoms with Gasteiger partial charge in [0, 0.05) is 38.0 Å². The quantitative estimate of drug-likeness (QED) is 0.856. The highest BCUT2D eigenvalue weighted by atomic mass is 16.5. The molecule has 0 radical (unpaired) electrons. The maximum Gasteiger partial charge on any atom is 0.125 e. The predicted octanol–water partition coefficient (Wildman–Crippen LogP) is 3.01. The molecule has 0 unspecified atom stereocenters. The third-order valence-corrected chi connectivity index (χ3v) is 6.47. The number of aliphatic hydroxyl groups is 2. The molecule has 0 aliphatic carbocycles. The van der Waals surface area contributed by atoms with E-state index in [1.807, 2.05) is 36.4 Å². The summed E-state index contributed by atoms with van der Waals surface area (Å²) in [5.41, 5.74) is 2.76. The first-order valence-electron chi connectivity index (χ1n) is 10.2. The molecule has 0 aromatic heterocycles. The van der Waals surface area contributed by atoms with E-state index in [9.17, 15) is 10.2 Å². The van der Waals surface area contributed by atoms with Crippen LogP contribution in [-0.2, 0) is 6.42 Å². The molecule has 0 saturated carbocycles. The molecule has 5 heteroatoms. The van der Waals surface area contributed by atoms with Gasteiger partial charge in [-0.25, -0.2) is 0 Å². The number of hydrogen-bond donors (Lipinski definition) is 2. The Balaban J connectivity index is 1.22. The second-order valence-electron chi connectivity index (χ2n) is 8.32. The van der Waals surface area contributed by atoms with Crippen LogP contribution in [0.25, 0.3) is 0 Å². The van der Waals surface area contributed by atoms with Crippen LogP contribution in [-0.4, -0.2) is 47.0 Å². The summed E-state index contributed by atoms with van der Waals surface area (Å²) in [6.45, 7) is 3.08. The molecule has 5 nitrogen and oxygen atoms in total. The number of piperidine rings is 1. The van der Waals surface area contributed by atoms with Crippen LogP contribution >= 0.6 is 0 Å². The Morgan fingerprint density at radius 3 is 2.79 bits per heavy atom. The van der Waals surface area contributed by atoms with Crippen molar-refractivity contribution < 1.29 is 19.7 Å². The second-order valence-corrected chi connectivity index (χ2v) is 8.32. The molecule has 5 rings (SSSR count). The normalized spacial score (nSPS) is 24.1. The van der Waals surface area contributed by atoms with Gasteiger partial charge in [0.25, 0.3) is 0 Å². The van der Waals surface area contributed by atoms with Gasteiger partial charge in [-0.3, -0.25) is 0 Å². The fourth-order valence-electron chi connectivity index (χ4n) is 4.80. The molecule has 3 aliphatic rings. The average Bonchev–Trinajstić information content (AvgIpc) is 3.18. The molecule has 2 aromatic rings. The van der Waals surface area contributed by atoms with Gasteiger partial charge in [0.15, 0.2) is 0 Å². The van der Waals surface area contributed by atoms with Gasteiger partial charge in [-0.15, -0.1) is 0 Å². The highest BCUT2D eigenvalue weighted by molar-refractivity contribution is 5.40. The molecule has 1 spiro atoms. The van der Waals surface area contributed by atoms with Crippen molar-refractivity contribution in [2.24, 2.45) is 0 Å². The van der Waals surface area contributed by atoms with Crippen LogP contribution in [0.1, 0.15) is 48.2 Å². The first-order valence-corrected chi connectivity index (χ1v) is 10.2. The Morgan fingerprint density at radius 2 is 1.93 bits per heavy atom. The Morgan fingerprint density at radius 1 is 1.11 bits per heavy atom. The number of nitrogens with zero attached hydrogens (tertiary/aromatic N) is 1. The van der Waals surface area contributed by atoms with Crippen LogP contribution in [0.4, 0.5) is 0 Å². The summed E-state index contributed by atoms with van der Waals surface area (Å²) in [6.07, 6.45) is 2.33. The number of fused-ring (bicyclic) bond motifs is 2. The van der Waals surface area contributed by atoms with Crippen molar-refractivity contribution in [2.45, 2.75) is 43.5 Å². The number of rotatable bonds is 3. The zero-order valence-electron chi connectivity index (χ0n) is 16.0. The number of β-amino-alcohol motifs (C(OH)–C–C–N with tert-alkyl or cyclic N) is 1. The van der Waals surface area contributed by atoms with Crippen molar-refractivity contribution in [1.29, 1.82) is 0 Å². The molecule has 1 saturated heterocycles. The summed E-state index contributed by atoms with van der Waals surface area (Å²) < 4.78 is 11.9. The zero-order chi connectivity index (χ0) is 19.1. The monoisotopic (exact) mass is 381 g/mol. The van der Waals surface area contributed by atoms with Crippen LogP contribution in [0.2, 0.25) is 0 Å². The molecule has 1 fully saturated rings. The van der Waals surface area contributed by atoms with E-state index in [1.54, 1.807) is 0 Å². The Kier molecular flexibility index (Phi) is 4.54. The zero-order valence-corrected chi connectivity index (χ0v) is 16.0. The highest BCUT2D eigenvalue weighted by Crippen LogP contribution is 2.44. The summed E-state index contributed by atoms with van der Waals surface area (Å²) in [6, 6.07) is 13.8. The smallest absolute Gasteiger partial charge is 0.125 e. The maximum atomic E-state index is 10.7. The van der Waals surface area contributed by atoms with Crippen LogP contribution in [0.15, 0.2) is 42.5 Å². The highest BCUT2D eigenvalue weighted by Gasteiger charge is 2.42. The number of para-hydroxylation sites is 1. The lowest BCUT2D eigenvalue weighted by atomic mass is 9.81. The first kappa shape index (κ1) is 18.0. The third-order valence-electron chi connectivity index (χ3n) is 6.47. The minimum absolute atomic E-state index is 0.292. The number of likely N-dealkylation sites (tertiary alicyclic amines) is 1.